The molecule has 3 fully saturated rings. The van der Waals surface area contributed by atoms with Gasteiger partial charge in [0.15, 0.2) is 0 Å². The highest BCUT2D eigenvalue weighted by atomic mass is 19.1. The number of fused-ring (bicyclic) bond motifs is 2. The minimum atomic E-state index is -0.198. The third-order valence-corrected chi connectivity index (χ3v) is 7.29. The minimum Gasteiger partial charge on any atom is -0.462 e. The van der Waals surface area contributed by atoms with Gasteiger partial charge in [-0.3, -0.25) is 4.79 Å². The van der Waals surface area contributed by atoms with Crippen LogP contribution in [0.5, 0.6) is 0 Å². The number of rotatable bonds is 5. The van der Waals surface area contributed by atoms with E-state index >= 15 is 0 Å². The van der Waals surface area contributed by atoms with Crippen molar-refractivity contribution in [2.45, 2.75) is 51.6 Å². The number of allylic oxidation sites excluding steroid dienone is 1. The van der Waals surface area contributed by atoms with E-state index in [0.29, 0.717) is 11.8 Å². The topological polar surface area (TPSA) is 42.9 Å². The van der Waals surface area contributed by atoms with Crippen molar-refractivity contribution in [1.29, 1.82) is 0 Å². The van der Waals surface area contributed by atoms with Crippen molar-refractivity contribution in [3.05, 3.63) is 47.8 Å². The lowest BCUT2D eigenvalue weighted by molar-refractivity contribution is -0.658. The summed E-state index contributed by atoms with van der Waals surface area (Å²) in [5.74, 6) is 0.686. The second kappa shape index (κ2) is 7.38. The van der Waals surface area contributed by atoms with Crippen LogP contribution < -0.4 is 5.32 Å². The van der Waals surface area contributed by atoms with E-state index in [1.165, 1.54) is 30.5 Å². The quantitative estimate of drug-likeness (QED) is 0.490. The molecular weight excluding hydrogens is 341 g/mol. The van der Waals surface area contributed by atoms with Crippen LogP contribution in [0, 0.1) is 29.0 Å². The van der Waals surface area contributed by atoms with Gasteiger partial charge in [-0.25, -0.2) is 4.39 Å². The van der Waals surface area contributed by atoms with Gasteiger partial charge in [0, 0.05) is 12.3 Å². The summed E-state index contributed by atoms with van der Waals surface area (Å²) < 4.78 is 18.8. The van der Waals surface area contributed by atoms with Crippen molar-refractivity contribution >= 4 is 5.97 Å². The zero-order chi connectivity index (χ0) is 19.0. The highest BCUT2D eigenvalue weighted by molar-refractivity contribution is 5.75. The third-order valence-electron chi connectivity index (χ3n) is 7.29. The van der Waals surface area contributed by atoms with Crippen LogP contribution in [0.2, 0.25) is 0 Å². The Morgan fingerprint density at radius 1 is 1.33 bits per heavy atom. The molecule has 2 aliphatic carbocycles. The number of hydrogen-bond donors (Lipinski definition) is 1. The first-order chi connectivity index (χ1) is 13.0. The molecule has 0 unspecified atom stereocenters. The molecule has 146 valence electrons. The molecule has 27 heavy (non-hydrogen) atoms. The van der Waals surface area contributed by atoms with Crippen LogP contribution in [0.3, 0.4) is 0 Å². The molecular formula is C23H31FNO2+. The van der Waals surface area contributed by atoms with Gasteiger partial charge in [-0.05, 0) is 61.1 Å². The van der Waals surface area contributed by atoms with Crippen LogP contribution in [0.25, 0.3) is 0 Å². The molecule has 1 aromatic rings. The summed E-state index contributed by atoms with van der Waals surface area (Å²) >= 11 is 0. The zero-order valence-electron chi connectivity index (χ0n) is 16.3. The third kappa shape index (κ3) is 3.69. The van der Waals surface area contributed by atoms with Crippen molar-refractivity contribution in [3.8, 4) is 0 Å². The average Bonchev–Trinajstić information content (AvgIpc) is 2.92. The molecule has 1 aromatic carbocycles. The Morgan fingerprint density at radius 3 is 2.89 bits per heavy atom. The molecule has 0 bridgehead atoms. The van der Waals surface area contributed by atoms with E-state index in [2.05, 4.69) is 18.8 Å². The predicted octanol–water partition coefficient (Wildman–Crippen LogP) is 3.25. The van der Waals surface area contributed by atoms with Gasteiger partial charge in [0.05, 0.1) is 13.1 Å². The first kappa shape index (κ1) is 18.7. The molecule has 3 aliphatic rings. The highest BCUT2D eigenvalue weighted by Crippen LogP contribution is 2.56. The molecule has 0 radical (unpaired) electrons. The Bertz CT molecular complexity index is 716. The fourth-order valence-corrected chi connectivity index (χ4v) is 5.74. The maximum absolute atomic E-state index is 13.0. The van der Waals surface area contributed by atoms with E-state index in [9.17, 15) is 9.18 Å². The summed E-state index contributed by atoms with van der Waals surface area (Å²) in [7, 11) is 0. The lowest BCUT2D eigenvalue weighted by Crippen LogP contribution is -2.86. The van der Waals surface area contributed by atoms with E-state index in [-0.39, 0.29) is 29.2 Å². The fraction of sp³-hybridized carbons (Fsp3) is 0.609. The smallest absolute Gasteiger partial charge is 0.315 e. The van der Waals surface area contributed by atoms with E-state index in [4.69, 9.17) is 4.74 Å². The average molecular weight is 373 g/mol. The molecule has 5 atom stereocenters. The Morgan fingerprint density at radius 2 is 2.11 bits per heavy atom. The molecule has 2 saturated carbocycles. The Kier molecular flexibility index (Phi) is 5.11. The highest BCUT2D eigenvalue weighted by Gasteiger charge is 2.55. The number of quaternary nitrogens is 1. The van der Waals surface area contributed by atoms with Crippen molar-refractivity contribution in [2.24, 2.45) is 23.2 Å². The second-order valence-electron chi connectivity index (χ2n) is 9.09. The molecule has 1 aliphatic heterocycles. The summed E-state index contributed by atoms with van der Waals surface area (Å²) in [6, 6.07) is 6.67. The van der Waals surface area contributed by atoms with Crippen LogP contribution in [-0.4, -0.2) is 25.2 Å². The van der Waals surface area contributed by atoms with Crippen LogP contribution in [-0.2, 0) is 16.0 Å². The summed E-state index contributed by atoms with van der Waals surface area (Å²) in [5.41, 5.74) is 2.78. The Hall–Kier alpha value is -1.68. The molecule has 3 nitrogen and oxygen atoms in total. The normalized spacial score (nSPS) is 35.5. The van der Waals surface area contributed by atoms with Gasteiger partial charge in [0.2, 0.25) is 0 Å². The largest absolute Gasteiger partial charge is 0.462 e. The van der Waals surface area contributed by atoms with Gasteiger partial charge in [-0.15, -0.1) is 0 Å². The van der Waals surface area contributed by atoms with Crippen LogP contribution in [0.15, 0.2) is 36.4 Å². The van der Waals surface area contributed by atoms with E-state index in [1.54, 1.807) is 0 Å². The maximum Gasteiger partial charge on any atom is 0.315 e. The molecule has 0 amide bonds. The summed E-state index contributed by atoms with van der Waals surface area (Å²) in [6.45, 7) is 8.42. The summed E-state index contributed by atoms with van der Waals surface area (Å²) in [5, 5.41) is 2.22. The van der Waals surface area contributed by atoms with Gasteiger partial charge < -0.3 is 10.1 Å². The minimum absolute atomic E-state index is 0.00231. The van der Waals surface area contributed by atoms with Crippen LogP contribution in [0.1, 0.15) is 44.6 Å². The number of carbonyl (C=O) groups excluding carboxylic acids is 1. The predicted molar refractivity (Wildman–Crippen MR) is 102 cm³/mol. The van der Waals surface area contributed by atoms with Gasteiger partial charge >= 0.3 is 5.97 Å². The first-order valence-electron chi connectivity index (χ1n) is 10.4. The monoisotopic (exact) mass is 372 g/mol. The van der Waals surface area contributed by atoms with Crippen molar-refractivity contribution in [2.75, 3.05) is 13.1 Å². The number of halogens is 1. The summed E-state index contributed by atoms with van der Waals surface area (Å²) in [4.78, 5) is 12.5. The Labute approximate surface area is 161 Å². The second-order valence-corrected chi connectivity index (χ2v) is 9.09. The number of hydrogen-bond acceptors (Lipinski definition) is 2. The van der Waals surface area contributed by atoms with Gasteiger partial charge in [0.1, 0.15) is 17.8 Å². The summed E-state index contributed by atoms with van der Waals surface area (Å²) in [6.07, 6.45) is 6.62. The SMILES string of the molecule is C=C1CCC[C@]2(C)C[C@H]3OC(=O)[C@@H](C[NH2+]CCc4ccc(F)cc4)[C@H]3C[C@H]12. The van der Waals surface area contributed by atoms with E-state index in [1.807, 2.05) is 12.1 Å². The van der Waals surface area contributed by atoms with E-state index in [0.717, 1.165) is 44.3 Å². The molecule has 4 heteroatoms. The zero-order valence-corrected chi connectivity index (χ0v) is 16.3. The lowest BCUT2D eigenvalue weighted by Gasteiger charge is -2.49. The number of carbonyl (C=O) groups is 1. The number of nitrogens with two attached hydrogens (primary N) is 1. The number of benzene rings is 1. The first-order valence-corrected chi connectivity index (χ1v) is 10.4. The van der Waals surface area contributed by atoms with Gasteiger partial charge in [-0.2, -0.15) is 0 Å². The molecule has 4 rings (SSSR count). The maximum atomic E-state index is 13.0. The van der Waals surface area contributed by atoms with Gasteiger partial charge in [-0.1, -0.05) is 31.2 Å². The van der Waals surface area contributed by atoms with Crippen molar-refractivity contribution in [1.82, 2.24) is 0 Å². The van der Waals surface area contributed by atoms with Crippen molar-refractivity contribution < 1.29 is 19.2 Å². The standard InChI is InChI=1S/C23H30FNO2/c1-15-4-3-10-23(2)13-21-18(12-20(15)23)19(22(26)27-21)14-25-11-9-16-5-7-17(24)8-6-16/h5-8,18-21,25H,1,3-4,9-14H2,2H3/p+1/t18-,19+,20-,21-,23-/m1/s1. The molecule has 2 N–H and O–H groups in total. The lowest BCUT2D eigenvalue weighted by atomic mass is 9.55. The molecule has 1 heterocycles. The molecule has 0 spiro atoms. The van der Waals surface area contributed by atoms with E-state index < -0.39 is 0 Å². The number of esters is 1. The molecule has 1 saturated heterocycles. The van der Waals surface area contributed by atoms with Gasteiger partial charge in [0.25, 0.3) is 0 Å². The number of ether oxygens (including phenoxy) is 1. The fourth-order valence-electron chi connectivity index (χ4n) is 5.74. The van der Waals surface area contributed by atoms with Crippen LogP contribution in [0.4, 0.5) is 4.39 Å². The van der Waals surface area contributed by atoms with Crippen molar-refractivity contribution in [3.63, 3.8) is 0 Å². The van der Waals surface area contributed by atoms with Crippen LogP contribution >= 0.6 is 0 Å². The Balaban J connectivity index is 1.34. The molecule has 0 aromatic heterocycles.